The van der Waals surface area contributed by atoms with Gasteiger partial charge in [-0.3, -0.25) is 23.9 Å². The van der Waals surface area contributed by atoms with E-state index < -0.39 is 33.1 Å². The molecule has 32 heavy (non-hydrogen) atoms. The lowest BCUT2D eigenvalue weighted by atomic mass is 10.1. The summed E-state index contributed by atoms with van der Waals surface area (Å²) in [7, 11) is -1.96. The molecule has 1 aliphatic heterocycles. The molecule has 0 saturated carbocycles. The molecule has 1 saturated heterocycles. The number of hydrogen-bond acceptors (Lipinski definition) is 7. The summed E-state index contributed by atoms with van der Waals surface area (Å²) in [6, 6.07) is 11.2. The van der Waals surface area contributed by atoms with E-state index in [9.17, 15) is 23.9 Å². The summed E-state index contributed by atoms with van der Waals surface area (Å²) in [6.07, 6.45) is 0. The minimum Gasteiger partial charge on any atom is -0.465 e. The second-order valence-corrected chi connectivity index (χ2v) is 8.85. The maximum Gasteiger partial charge on any atom is 0.318 e. The lowest BCUT2D eigenvalue weighted by Crippen LogP contribution is -2.48. The second-order valence-electron chi connectivity index (χ2n) is 6.99. The summed E-state index contributed by atoms with van der Waals surface area (Å²) in [6.45, 7) is 3.85. The fourth-order valence-electron chi connectivity index (χ4n) is 3.38. The highest BCUT2D eigenvalue weighted by Gasteiger charge is 2.27. The lowest BCUT2D eigenvalue weighted by Gasteiger charge is -2.36. The van der Waals surface area contributed by atoms with Gasteiger partial charge in [-0.05, 0) is 43.3 Å². The molecular formula is C21H22ClN3O6S. The first-order valence-corrected chi connectivity index (χ1v) is 11.6. The highest BCUT2D eigenvalue weighted by atomic mass is 35.5. The molecular weight excluding hydrogens is 458 g/mol. The van der Waals surface area contributed by atoms with E-state index in [-0.39, 0.29) is 23.0 Å². The van der Waals surface area contributed by atoms with Crippen LogP contribution in [0.15, 0.2) is 47.4 Å². The van der Waals surface area contributed by atoms with Gasteiger partial charge in [0, 0.05) is 48.5 Å². The molecule has 1 fully saturated rings. The van der Waals surface area contributed by atoms with Crippen LogP contribution in [0.3, 0.4) is 0 Å². The number of esters is 1. The molecule has 0 aromatic heterocycles. The van der Waals surface area contributed by atoms with Crippen LogP contribution in [0.5, 0.6) is 0 Å². The van der Waals surface area contributed by atoms with Gasteiger partial charge in [-0.25, -0.2) is 0 Å². The number of rotatable bonds is 7. The first-order valence-electron chi connectivity index (χ1n) is 9.92. The zero-order valence-corrected chi connectivity index (χ0v) is 18.9. The topological polar surface area (TPSA) is 110 Å². The zero-order valence-electron chi connectivity index (χ0n) is 17.4. The van der Waals surface area contributed by atoms with Crippen LogP contribution in [0, 0.1) is 10.1 Å². The van der Waals surface area contributed by atoms with E-state index in [0.717, 1.165) is 11.8 Å². The third kappa shape index (κ3) is 5.63. The van der Waals surface area contributed by atoms with Gasteiger partial charge in [0.05, 0.1) is 22.3 Å². The summed E-state index contributed by atoms with van der Waals surface area (Å²) < 4.78 is 17.2. The van der Waals surface area contributed by atoms with Crippen LogP contribution in [-0.2, 0) is 20.3 Å². The van der Waals surface area contributed by atoms with E-state index in [1.807, 2.05) is 12.1 Å². The van der Waals surface area contributed by atoms with Gasteiger partial charge < -0.3 is 14.5 Å². The summed E-state index contributed by atoms with van der Waals surface area (Å²) in [5.41, 5.74) is 0.678. The molecule has 1 aliphatic rings. The Bertz CT molecular complexity index is 1040. The molecule has 2 aromatic rings. The number of nitro groups is 1. The molecule has 1 heterocycles. The maximum absolute atomic E-state index is 12.9. The van der Waals surface area contributed by atoms with Crippen LogP contribution < -0.4 is 4.90 Å². The van der Waals surface area contributed by atoms with Crippen molar-refractivity contribution in [3.8, 4) is 0 Å². The highest BCUT2D eigenvalue weighted by molar-refractivity contribution is 7.85. The molecule has 1 amide bonds. The van der Waals surface area contributed by atoms with Crippen molar-refractivity contribution in [3.05, 3.63) is 63.2 Å². The van der Waals surface area contributed by atoms with Crippen molar-refractivity contribution in [3.63, 3.8) is 0 Å². The monoisotopic (exact) mass is 479 g/mol. The van der Waals surface area contributed by atoms with Crippen LogP contribution >= 0.6 is 11.6 Å². The van der Waals surface area contributed by atoms with Crippen LogP contribution in [0.1, 0.15) is 17.3 Å². The van der Waals surface area contributed by atoms with Crippen molar-refractivity contribution in [1.29, 1.82) is 0 Å². The van der Waals surface area contributed by atoms with Gasteiger partial charge in [-0.15, -0.1) is 0 Å². The third-order valence-corrected chi connectivity index (χ3v) is 6.55. The minimum absolute atomic E-state index is 0.118. The first-order chi connectivity index (χ1) is 15.3. The van der Waals surface area contributed by atoms with Crippen molar-refractivity contribution in [2.24, 2.45) is 0 Å². The zero-order chi connectivity index (χ0) is 23.3. The minimum atomic E-state index is -1.96. The van der Waals surface area contributed by atoms with Crippen LogP contribution in [0.4, 0.5) is 11.4 Å². The number of carbonyl (C=O) groups excluding carboxylic acids is 2. The standard InChI is InChI=1S/C21H22ClN3O6S/c1-2-31-20(26)14-32(30)19-8-3-15(13-18(19)25(28)29)21(27)24-11-9-23(10-12-24)17-6-4-16(22)5-7-17/h3-8,13H,2,9-12,14H2,1H3. The van der Waals surface area contributed by atoms with Gasteiger partial charge in [0.1, 0.15) is 10.6 Å². The van der Waals surface area contributed by atoms with Gasteiger partial charge in [0.2, 0.25) is 0 Å². The lowest BCUT2D eigenvalue weighted by molar-refractivity contribution is -0.387. The molecule has 0 N–H and O–H groups in total. The maximum atomic E-state index is 12.9. The summed E-state index contributed by atoms with van der Waals surface area (Å²) in [4.78, 5) is 39.0. The smallest absolute Gasteiger partial charge is 0.318 e. The average molecular weight is 480 g/mol. The third-order valence-electron chi connectivity index (χ3n) is 4.96. The number of amides is 1. The van der Waals surface area contributed by atoms with E-state index in [2.05, 4.69) is 4.90 Å². The molecule has 1 atom stereocenters. The van der Waals surface area contributed by atoms with Crippen molar-refractivity contribution < 1.29 is 23.5 Å². The molecule has 9 nitrogen and oxygen atoms in total. The van der Waals surface area contributed by atoms with E-state index in [1.54, 1.807) is 24.0 Å². The van der Waals surface area contributed by atoms with Crippen molar-refractivity contribution in [2.45, 2.75) is 11.8 Å². The fraction of sp³-hybridized carbons (Fsp3) is 0.333. The molecule has 0 aliphatic carbocycles. The predicted octanol–water partition coefficient (Wildman–Crippen LogP) is 2.88. The van der Waals surface area contributed by atoms with Gasteiger partial charge in [-0.1, -0.05) is 11.6 Å². The van der Waals surface area contributed by atoms with Crippen LogP contribution in [0.2, 0.25) is 5.02 Å². The molecule has 3 rings (SSSR count). The normalized spacial score (nSPS) is 14.7. The number of nitrogens with zero attached hydrogens (tertiary/aromatic N) is 3. The number of carbonyl (C=O) groups is 2. The Kier molecular flexibility index (Phi) is 7.81. The molecule has 0 spiro atoms. The van der Waals surface area contributed by atoms with Gasteiger partial charge >= 0.3 is 5.97 Å². The molecule has 11 heteroatoms. The van der Waals surface area contributed by atoms with Crippen LogP contribution in [-0.4, -0.2) is 64.4 Å². The van der Waals surface area contributed by atoms with Gasteiger partial charge in [-0.2, -0.15) is 0 Å². The van der Waals surface area contributed by atoms with Gasteiger partial charge in [0.15, 0.2) is 0 Å². The Balaban J connectivity index is 1.71. The number of ether oxygens (including phenoxy) is 1. The summed E-state index contributed by atoms with van der Waals surface area (Å²) >= 11 is 5.93. The molecule has 0 bridgehead atoms. The van der Waals surface area contributed by atoms with Crippen molar-refractivity contribution in [2.75, 3.05) is 43.4 Å². The number of halogens is 1. The van der Waals surface area contributed by atoms with E-state index in [4.69, 9.17) is 16.3 Å². The van der Waals surface area contributed by atoms with E-state index in [0.29, 0.717) is 31.2 Å². The fourth-order valence-corrected chi connectivity index (χ4v) is 4.54. The number of benzene rings is 2. The predicted molar refractivity (Wildman–Crippen MR) is 121 cm³/mol. The largest absolute Gasteiger partial charge is 0.465 e. The Hall–Kier alpha value is -2.98. The number of anilines is 1. The second kappa shape index (κ2) is 10.6. The Morgan fingerprint density at radius 2 is 1.78 bits per heavy atom. The number of hydrogen-bond donors (Lipinski definition) is 0. The van der Waals surface area contributed by atoms with E-state index in [1.165, 1.54) is 12.1 Å². The summed E-state index contributed by atoms with van der Waals surface area (Å²) in [5, 5.41) is 12.2. The first kappa shape index (κ1) is 23.7. The molecule has 2 aromatic carbocycles. The van der Waals surface area contributed by atoms with Gasteiger partial charge in [0.25, 0.3) is 11.6 Å². The Morgan fingerprint density at radius 1 is 1.12 bits per heavy atom. The quantitative estimate of drug-likeness (QED) is 0.341. The Labute approximate surface area is 192 Å². The SMILES string of the molecule is CCOC(=O)CS(=O)c1ccc(C(=O)N2CCN(c3ccc(Cl)cc3)CC2)cc1[N+](=O)[O-]. The average Bonchev–Trinajstić information content (AvgIpc) is 2.79. The number of piperazine rings is 1. The molecule has 0 radical (unpaired) electrons. The molecule has 1 unspecified atom stereocenters. The highest BCUT2D eigenvalue weighted by Crippen LogP contribution is 2.26. The van der Waals surface area contributed by atoms with E-state index >= 15 is 0 Å². The Morgan fingerprint density at radius 3 is 2.38 bits per heavy atom. The summed E-state index contributed by atoms with van der Waals surface area (Å²) in [5.74, 6) is -1.54. The number of nitro benzene ring substituents is 1. The molecule has 170 valence electrons. The van der Waals surface area contributed by atoms with Crippen molar-refractivity contribution in [1.82, 2.24) is 4.90 Å². The van der Waals surface area contributed by atoms with Crippen LogP contribution in [0.25, 0.3) is 0 Å². The van der Waals surface area contributed by atoms with Crippen molar-refractivity contribution >= 4 is 45.7 Å².